The summed E-state index contributed by atoms with van der Waals surface area (Å²) in [5.41, 5.74) is 0.602. The molecule has 0 spiro atoms. The molecule has 0 saturated carbocycles. The predicted octanol–water partition coefficient (Wildman–Crippen LogP) is 2.59. The molecule has 1 N–H and O–H groups in total. The van der Waals surface area contributed by atoms with Gasteiger partial charge in [0.2, 0.25) is 5.88 Å². The lowest BCUT2D eigenvalue weighted by Crippen LogP contribution is -2.32. The molecule has 0 aromatic carbocycles. The predicted molar refractivity (Wildman–Crippen MR) is 92.2 cm³/mol. The molecule has 1 aliphatic rings. The highest BCUT2D eigenvalue weighted by molar-refractivity contribution is 5.98. The van der Waals surface area contributed by atoms with Crippen molar-refractivity contribution in [1.29, 1.82) is 0 Å². The van der Waals surface area contributed by atoms with E-state index in [9.17, 15) is 4.79 Å². The van der Waals surface area contributed by atoms with Crippen LogP contribution in [0, 0.1) is 0 Å². The second-order valence-corrected chi connectivity index (χ2v) is 6.15. The van der Waals surface area contributed by atoms with Gasteiger partial charge in [0.25, 0.3) is 5.91 Å². The molecule has 0 radical (unpaired) electrons. The Morgan fingerprint density at radius 2 is 2.08 bits per heavy atom. The van der Waals surface area contributed by atoms with Gasteiger partial charge in [0.15, 0.2) is 0 Å². The van der Waals surface area contributed by atoms with E-state index in [2.05, 4.69) is 15.3 Å². The van der Waals surface area contributed by atoms with Gasteiger partial charge >= 0.3 is 0 Å². The van der Waals surface area contributed by atoms with E-state index in [0.717, 1.165) is 6.42 Å². The highest BCUT2D eigenvalue weighted by Crippen LogP contribution is 2.21. The highest BCUT2D eigenvalue weighted by Gasteiger charge is 2.29. The summed E-state index contributed by atoms with van der Waals surface area (Å²) >= 11 is 0. The molecule has 3 rings (SSSR count). The van der Waals surface area contributed by atoms with E-state index in [4.69, 9.17) is 4.74 Å². The number of carbonyl (C=O) groups excluding carboxylic acids is 1. The fourth-order valence-corrected chi connectivity index (χ4v) is 2.73. The number of nitrogens with zero attached hydrogens (tertiary/aromatic N) is 3. The minimum atomic E-state index is -0.0259. The summed E-state index contributed by atoms with van der Waals surface area (Å²) in [6, 6.07) is 9.38. The molecule has 1 amide bonds. The Bertz CT molecular complexity index is 690. The number of anilines is 1. The van der Waals surface area contributed by atoms with Crippen molar-refractivity contribution in [3.05, 3.63) is 48.3 Å². The lowest BCUT2D eigenvalue weighted by molar-refractivity contribution is 0.0771. The third-order valence-corrected chi connectivity index (χ3v) is 3.82. The van der Waals surface area contributed by atoms with Crippen LogP contribution in [-0.4, -0.2) is 46.0 Å². The van der Waals surface area contributed by atoms with Crippen molar-refractivity contribution < 1.29 is 9.53 Å². The van der Waals surface area contributed by atoms with Gasteiger partial charge in [-0.15, -0.1) is 0 Å². The Labute approximate surface area is 141 Å². The number of ether oxygens (including phenoxy) is 1. The van der Waals surface area contributed by atoms with Crippen LogP contribution in [0.15, 0.2) is 42.7 Å². The molecular weight excluding hydrogens is 304 g/mol. The molecule has 6 heteroatoms. The van der Waals surface area contributed by atoms with E-state index in [-0.39, 0.29) is 18.1 Å². The fourth-order valence-electron chi connectivity index (χ4n) is 2.73. The smallest absolute Gasteiger partial charge is 0.257 e. The van der Waals surface area contributed by atoms with Gasteiger partial charge in [0.05, 0.1) is 12.1 Å². The molecule has 24 heavy (non-hydrogen) atoms. The minimum absolute atomic E-state index is 0.0154. The molecule has 126 valence electrons. The van der Waals surface area contributed by atoms with Crippen molar-refractivity contribution in [3.63, 3.8) is 0 Å². The molecular formula is C18H22N4O2. The largest absolute Gasteiger partial charge is 0.472 e. The maximum Gasteiger partial charge on any atom is 0.257 e. The number of likely N-dealkylation sites (tertiary alicyclic amines) is 1. The van der Waals surface area contributed by atoms with Gasteiger partial charge in [-0.3, -0.25) is 4.79 Å². The fraction of sp³-hybridized carbons (Fsp3) is 0.389. The molecule has 6 nitrogen and oxygen atoms in total. The summed E-state index contributed by atoms with van der Waals surface area (Å²) < 4.78 is 5.85. The van der Waals surface area contributed by atoms with Gasteiger partial charge in [-0.1, -0.05) is 6.07 Å². The van der Waals surface area contributed by atoms with E-state index >= 15 is 0 Å². The molecule has 1 unspecified atom stereocenters. The number of aromatic nitrogens is 2. The number of rotatable bonds is 5. The van der Waals surface area contributed by atoms with Crippen molar-refractivity contribution in [3.8, 4) is 5.88 Å². The van der Waals surface area contributed by atoms with E-state index in [1.807, 2.05) is 43.0 Å². The summed E-state index contributed by atoms with van der Waals surface area (Å²) in [6.07, 6.45) is 4.17. The van der Waals surface area contributed by atoms with Crippen molar-refractivity contribution in [2.45, 2.75) is 32.4 Å². The van der Waals surface area contributed by atoms with Crippen molar-refractivity contribution in [1.82, 2.24) is 14.9 Å². The lowest BCUT2D eigenvalue weighted by Gasteiger charge is -2.19. The van der Waals surface area contributed by atoms with Gasteiger partial charge in [-0.25, -0.2) is 9.97 Å². The number of nitrogens with one attached hydrogen (secondary N) is 1. The second kappa shape index (κ2) is 7.29. The lowest BCUT2D eigenvalue weighted by atomic mass is 10.2. The summed E-state index contributed by atoms with van der Waals surface area (Å²) in [6.45, 7) is 5.28. The first-order valence-corrected chi connectivity index (χ1v) is 8.22. The number of amides is 1. The Hall–Kier alpha value is -2.63. The zero-order chi connectivity index (χ0) is 16.9. The van der Waals surface area contributed by atoms with Crippen LogP contribution < -0.4 is 10.1 Å². The number of pyridine rings is 2. The van der Waals surface area contributed by atoms with Crippen LogP contribution in [0.25, 0.3) is 0 Å². The zero-order valence-electron chi connectivity index (χ0n) is 14.0. The van der Waals surface area contributed by atoms with Gasteiger partial charge in [-0.2, -0.15) is 0 Å². The van der Waals surface area contributed by atoms with Crippen LogP contribution in [0.1, 0.15) is 30.6 Å². The molecule has 1 aliphatic heterocycles. The van der Waals surface area contributed by atoms with E-state index in [1.165, 1.54) is 0 Å². The maximum atomic E-state index is 12.8. The van der Waals surface area contributed by atoms with E-state index < -0.39 is 0 Å². The second-order valence-electron chi connectivity index (χ2n) is 6.15. The molecule has 0 aliphatic carbocycles. The van der Waals surface area contributed by atoms with E-state index in [0.29, 0.717) is 30.4 Å². The first kappa shape index (κ1) is 16.2. The van der Waals surface area contributed by atoms with Crippen LogP contribution in [-0.2, 0) is 0 Å². The van der Waals surface area contributed by atoms with Crippen molar-refractivity contribution in [2.75, 3.05) is 18.4 Å². The molecule has 3 heterocycles. The summed E-state index contributed by atoms with van der Waals surface area (Å²) in [4.78, 5) is 23.1. The van der Waals surface area contributed by atoms with Gasteiger partial charge in [0.1, 0.15) is 11.9 Å². The normalized spacial score (nSPS) is 17.1. The first-order valence-electron chi connectivity index (χ1n) is 8.22. The van der Waals surface area contributed by atoms with E-state index in [1.54, 1.807) is 18.5 Å². The highest BCUT2D eigenvalue weighted by atomic mass is 16.5. The Balaban J connectivity index is 1.66. The third-order valence-electron chi connectivity index (χ3n) is 3.82. The minimum Gasteiger partial charge on any atom is -0.472 e. The summed E-state index contributed by atoms with van der Waals surface area (Å²) in [7, 11) is 0. The van der Waals surface area contributed by atoms with Crippen LogP contribution >= 0.6 is 0 Å². The zero-order valence-corrected chi connectivity index (χ0v) is 14.0. The van der Waals surface area contributed by atoms with Crippen LogP contribution in [0.5, 0.6) is 5.88 Å². The van der Waals surface area contributed by atoms with Crippen LogP contribution in [0.2, 0.25) is 0 Å². The topological polar surface area (TPSA) is 67.4 Å². The molecule has 2 aromatic heterocycles. The van der Waals surface area contributed by atoms with Gasteiger partial charge in [0, 0.05) is 37.5 Å². The van der Waals surface area contributed by atoms with Gasteiger partial charge < -0.3 is 15.0 Å². The average molecular weight is 326 g/mol. The number of carbonyl (C=O) groups is 1. The summed E-state index contributed by atoms with van der Waals surface area (Å²) in [5, 5.41) is 3.23. The molecule has 2 aromatic rings. The van der Waals surface area contributed by atoms with Crippen molar-refractivity contribution in [2.24, 2.45) is 0 Å². The SMILES string of the molecule is CC(C)Nc1ncccc1C(=O)N1CCC(Oc2ccccn2)C1. The molecule has 1 saturated heterocycles. The quantitative estimate of drug-likeness (QED) is 0.915. The monoisotopic (exact) mass is 326 g/mol. The van der Waals surface area contributed by atoms with Crippen LogP contribution in [0.3, 0.4) is 0 Å². The third kappa shape index (κ3) is 3.82. The van der Waals surface area contributed by atoms with Crippen molar-refractivity contribution >= 4 is 11.7 Å². The summed E-state index contributed by atoms with van der Waals surface area (Å²) in [5.74, 6) is 1.21. The van der Waals surface area contributed by atoms with Crippen LogP contribution in [0.4, 0.5) is 5.82 Å². The standard InChI is InChI=1S/C18H22N4O2/c1-13(2)21-17-15(6-5-10-20-17)18(23)22-11-8-14(12-22)24-16-7-3-4-9-19-16/h3-7,9-10,13-14H,8,11-12H2,1-2H3,(H,20,21). The Morgan fingerprint density at radius 3 is 2.83 bits per heavy atom. The average Bonchev–Trinajstić information content (AvgIpc) is 3.03. The van der Waals surface area contributed by atoms with Gasteiger partial charge in [-0.05, 0) is 32.0 Å². The number of hydrogen-bond acceptors (Lipinski definition) is 5. The molecule has 1 atom stereocenters. The maximum absolute atomic E-state index is 12.8. The Morgan fingerprint density at radius 1 is 1.25 bits per heavy atom. The molecule has 0 bridgehead atoms. The first-order chi connectivity index (χ1) is 11.6. The number of hydrogen-bond donors (Lipinski definition) is 1. The Kier molecular flexibility index (Phi) is 4.93. The molecule has 1 fully saturated rings.